The highest BCUT2D eigenvalue weighted by Gasteiger charge is 2.12. The van der Waals surface area contributed by atoms with Crippen molar-refractivity contribution in [3.8, 4) is 0 Å². The molecule has 3 aromatic rings. The first-order valence-electron chi connectivity index (χ1n) is 7.16. The molecule has 2 N–H and O–H groups in total. The Balaban J connectivity index is 1.68. The number of anilines is 1. The molecule has 2 atom stereocenters. The van der Waals surface area contributed by atoms with E-state index in [9.17, 15) is 9.28 Å². The van der Waals surface area contributed by atoms with Crippen LogP contribution in [0.2, 0.25) is 0 Å². The maximum atomic E-state index is 12.9. The Labute approximate surface area is 138 Å². The zero-order valence-electron chi connectivity index (χ0n) is 12.8. The van der Waals surface area contributed by atoms with Crippen LogP contribution in [-0.4, -0.2) is 31.6 Å². The minimum absolute atomic E-state index is 0.266. The van der Waals surface area contributed by atoms with Crippen LogP contribution in [-0.2, 0) is 11.3 Å². The third-order valence-corrected chi connectivity index (χ3v) is 4.47. The lowest BCUT2D eigenvalue weighted by Gasteiger charge is -2.10. The van der Waals surface area contributed by atoms with E-state index in [1.807, 2.05) is 6.92 Å². The van der Waals surface area contributed by atoms with Gasteiger partial charge in [-0.3, -0.25) is 0 Å². The number of ether oxygens (including phenoxy) is 1. The number of hydrogen-bond acceptors (Lipinski definition) is 6. The molecule has 0 bridgehead atoms. The van der Waals surface area contributed by atoms with Crippen LogP contribution >= 0.6 is 7.77 Å². The Bertz CT molecular complexity index is 881. The molecule has 0 radical (unpaired) electrons. The number of nitrogen functional groups attached to an aromatic ring is 1. The maximum Gasteiger partial charge on any atom is 0.214 e. The SMILES string of the molecule is C[C@H](Cn1cnc2c(N)ncnc21)OC=[P+]([O-])c1ccc(F)cc1. The molecule has 0 aliphatic heterocycles. The normalized spacial score (nSPS) is 13.4. The number of nitrogens with zero attached hydrogens (tertiary/aromatic N) is 4. The lowest BCUT2D eigenvalue weighted by atomic mass is 10.4. The van der Waals surface area contributed by atoms with Crippen LogP contribution in [0.1, 0.15) is 6.92 Å². The topological polar surface area (TPSA) is 102 Å². The van der Waals surface area contributed by atoms with Gasteiger partial charge in [-0.1, -0.05) is 0 Å². The number of halogens is 1. The van der Waals surface area contributed by atoms with E-state index in [1.54, 1.807) is 10.9 Å². The predicted molar refractivity (Wildman–Crippen MR) is 89.3 cm³/mol. The molecular weight excluding hydrogens is 332 g/mol. The quantitative estimate of drug-likeness (QED) is 0.685. The zero-order valence-corrected chi connectivity index (χ0v) is 13.7. The average molecular weight is 347 g/mol. The molecule has 7 nitrogen and oxygen atoms in total. The van der Waals surface area contributed by atoms with Crippen LogP contribution in [0.25, 0.3) is 11.2 Å². The standard InChI is InChI=1S/C15H15FN5O2P/c1-10(23-9-24(22)12-4-2-11(16)3-5-12)6-21-8-20-13-14(17)18-7-19-15(13)21/h2-5,7-10H,6H2,1H3,(H2,17,18,19)/t10-/m1/s1. The molecule has 0 fully saturated rings. The third kappa shape index (κ3) is 3.56. The number of nitrogens with two attached hydrogens (primary N) is 1. The van der Waals surface area contributed by atoms with E-state index < -0.39 is 7.77 Å². The zero-order chi connectivity index (χ0) is 17.1. The second-order valence-corrected chi connectivity index (χ2v) is 6.56. The van der Waals surface area contributed by atoms with E-state index in [2.05, 4.69) is 15.0 Å². The van der Waals surface area contributed by atoms with E-state index in [4.69, 9.17) is 10.5 Å². The largest absolute Gasteiger partial charge is 0.624 e. The molecule has 0 saturated heterocycles. The van der Waals surface area contributed by atoms with Crippen molar-refractivity contribution in [2.45, 2.75) is 19.6 Å². The summed E-state index contributed by atoms with van der Waals surface area (Å²) in [5.41, 5.74) is 6.89. The van der Waals surface area contributed by atoms with Crippen molar-refractivity contribution in [2.75, 3.05) is 5.73 Å². The van der Waals surface area contributed by atoms with Gasteiger partial charge in [-0.05, 0) is 31.2 Å². The van der Waals surface area contributed by atoms with Crippen molar-refractivity contribution in [1.82, 2.24) is 19.5 Å². The van der Waals surface area contributed by atoms with E-state index in [-0.39, 0.29) is 11.9 Å². The molecule has 0 amide bonds. The van der Waals surface area contributed by atoms with Gasteiger partial charge in [0.05, 0.1) is 19.0 Å². The minimum atomic E-state index is -1.86. The van der Waals surface area contributed by atoms with Crippen molar-refractivity contribution in [2.24, 2.45) is 0 Å². The Morgan fingerprint density at radius 3 is 2.83 bits per heavy atom. The molecule has 3 rings (SSSR count). The smallest absolute Gasteiger partial charge is 0.214 e. The van der Waals surface area contributed by atoms with E-state index in [0.717, 1.165) is 0 Å². The molecule has 2 heterocycles. The van der Waals surface area contributed by atoms with Crippen LogP contribution in [0.5, 0.6) is 0 Å². The molecule has 9 heteroatoms. The average Bonchev–Trinajstić information content (AvgIpc) is 2.98. The fraction of sp³-hybridized carbons (Fsp3) is 0.200. The summed E-state index contributed by atoms with van der Waals surface area (Å²) in [5.74, 6) is 1.22. The van der Waals surface area contributed by atoms with Crippen LogP contribution < -0.4 is 15.9 Å². The molecule has 24 heavy (non-hydrogen) atoms. The summed E-state index contributed by atoms with van der Waals surface area (Å²) in [6.07, 6.45) is 2.71. The first-order chi connectivity index (χ1) is 11.5. The van der Waals surface area contributed by atoms with Gasteiger partial charge in [0.2, 0.25) is 5.98 Å². The second-order valence-electron chi connectivity index (χ2n) is 5.18. The fourth-order valence-electron chi connectivity index (χ4n) is 2.16. The van der Waals surface area contributed by atoms with Crippen LogP contribution in [0, 0.1) is 5.82 Å². The molecule has 0 saturated carbocycles. The van der Waals surface area contributed by atoms with Gasteiger partial charge >= 0.3 is 0 Å². The Kier molecular flexibility index (Phi) is 4.80. The van der Waals surface area contributed by atoms with E-state index in [0.29, 0.717) is 28.8 Å². The molecular formula is C15H15FN5O2P. The first-order valence-corrected chi connectivity index (χ1v) is 8.49. The van der Waals surface area contributed by atoms with Crippen LogP contribution in [0.4, 0.5) is 10.2 Å². The number of benzene rings is 1. The van der Waals surface area contributed by atoms with Gasteiger partial charge < -0.3 is 19.9 Å². The highest BCUT2D eigenvalue weighted by atomic mass is 31.1. The monoisotopic (exact) mass is 347 g/mol. The Hall–Kier alpha value is -2.41. The highest BCUT2D eigenvalue weighted by Crippen LogP contribution is 2.15. The molecule has 0 spiro atoms. The summed E-state index contributed by atoms with van der Waals surface area (Å²) in [6.45, 7) is 2.29. The van der Waals surface area contributed by atoms with Crippen LogP contribution in [0.15, 0.2) is 36.9 Å². The van der Waals surface area contributed by atoms with E-state index in [1.165, 1.54) is 36.6 Å². The number of imidazole rings is 1. The molecule has 1 unspecified atom stereocenters. The summed E-state index contributed by atoms with van der Waals surface area (Å²) in [5, 5.41) is 0.507. The Morgan fingerprint density at radius 2 is 2.08 bits per heavy atom. The summed E-state index contributed by atoms with van der Waals surface area (Å²) < 4.78 is 20.2. The van der Waals surface area contributed by atoms with Gasteiger partial charge in [-0.15, -0.1) is 0 Å². The minimum Gasteiger partial charge on any atom is -0.624 e. The molecule has 0 aliphatic carbocycles. The van der Waals surface area contributed by atoms with Crippen LogP contribution in [0.3, 0.4) is 0 Å². The second kappa shape index (κ2) is 7.00. The van der Waals surface area contributed by atoms with Crippen molar-refractivity contribution in [3.05, 3.63) is 42.7 Å². The lowest BCUT2D eigenvalue weighted by molar-refractivity contribution is -0.150. The van der Waals surface area contributed by atoms with Gasteiger partial charge in [-0.2, -0.15) is 0 Å². The molecule has 2 aromatic heterocycles. The molecule has 124 valence electrons. The van der Waals surface area contributed by atoms with Crippen molar-refractivity contribution in [1.29, 1.82) is 0 Å². The number of aromatic nitrogens is 4. The first kappa shape index (κ1) is 16.4. The molecule has 0 aliphatic rings. The van der Waals surface area contributed by atoms with Crippen molar-refractivity contribution in [3.63, 3.8) is 0 Å². The summed E-state index contributed by atoms with van der Waals surface area (Å²) >= 11 is 0. The fourth-order valence-corrected chi connectivity index (χ4v) is 3.04. The lowest BCUT2D eigenvalue weighted by Crippen LogP contribution is -2.17. The maximum absolute atomic E-state index is 12.9. The van der Waals surface area contributed by atoms with Crippen molar-refractivity contribution < 1.29 is 14.0 Å². The third-order valence-electron chi connectivity index (χ3n) is 3.35. The van der Waals surface area contributed by atoms with Gasteiger partial charge in [-0.25, -0.2) is 19.3 Å². The van der Waals surface area contributed by atoms with Gasteiger partial charge in [0.25, 0.3) is 0 Å². The number of fused-ring (bicyclic) bond motifs is 1. The predicted octanol–water partition coefficient (Wildman–Crippen LogP) is 0.795. The molecule has 1 aromatic carbocycles. The van der Waals surface area contributed by atoms with E-state index >= 15 is 0 Å². The summed E-state index contributed by atoms with van der Waals surface area (Å²) in [7, 11) is -1.86. The van der Waals surface area contributed by atoms with Crippen molar-refractivity contribution >= 4 is 36.0 Å². The Morgan fingerprint density at radius 1 is 1.33 bits per heavy atom. The number of hydrogen-bond donors (Lipinski definition) is 1. The van der Waals surface area contributed by atoms with Gasteiger partial charge in [0.15, 0.2) is 11.5 Å². The van der Waals surface area contributed by atoms with Gasteiger partial charge in [0.1, 0.15) is 30.7 Å². The summed E-state index contributed by atoms with van der Waals surface area (Å²) in [6, 6.07) is 5.48. The summed E-state index contributed by atoms with van der Waals surface area (Å²) in [4.78, 5) is 24.3. The highest BCUT2D eigenvalue weighted by molar-refractivity contribution is 7.57. The number of rotatable bonds is 5. The van der Waals surface area contributed by atoms with Gasteiger partial charge in [0, 0.05) is 0 Å².